The van der Waals surface area contributed by atoms with Crippen molar-refractivity contribution in [3.05, 3.63) is 41.6 Å². The molecule has 0 atom stereocenters. The summed E-state index contributed by atoms with van der Waals surface area (Å²) in [6.07, 6.45) is 8.17. The van der Waals surface area contributed by atoms with Crippen molar-refractivity contribution in [1.82, 2.24) is 4.98 Å². The molecular formula is C16H17NO2. The van der Waals surface area contributed by atoms with Crippen LogP contribution in [-0.4, -0.2) is 16.1 Å². The van der Waals surface area contributed by atoms with Gasteiger partial charge in [0.2, 0.25) is 0 Å². The minimum Gasteiger partial charge on any atom is -0.478 e. The first kappa shape index (κ1) is 12.2. The molecule has 3 rings (SSSR count). The molecule has 98 valence electrons. The molecule has 1 N–H and O–H groups in total. The molecule has 2 aromatic rings. The molecule has 1 heterocycles. The highest BCUT2D eigenvalue weighted by molar-refractivity contribution is 6.02. The van der Waals surface area contributed by atoms with E-state index in [4.69, 9.17) is 0 Å². The third-order valence-corrected chi connectivity index (χ3v) is 4.05. The van der Waals surface area contributed by atoms with Gasteiger partial charge in [0.05, 0.1) is 11.1 Å². The second-order valence-corrected chi connectivity index (χ2v) is 5.28. The molecule has 1 aliphatic carbocycles. The normalized spacial score (nSPS) is 16.6. The van der Waals surface area contributed by atoms with Gasteiger partial charge < -0.3 is 5.11 Å². The van der Waals surface area contributed by atoms with Crippen LogP contribution in [0, 0.1) is 0 Å². The van der Waals surface area contributed by atoms with E-state index in [1.807, 2.05) is 18.3 Å². The summed E-state index contributed by atoms with van der Waals surface area (Å²) in [6.45, 7) is 0. The Morgan fingerprint density at radius 3 is 2.74 bits per heavy atom. The van der Waals surface area contributed by atoms with Crippen molar-refractivity contribution in [2.75, 3.05) is 0 Å². The molecule has 19 heavy (non-hydrogen) atoms. The number of hydrogen-bond donors (Lipinski definition) is 1. The Balaban J connectivity index is 2.08. The van der Waals surface area contributed by atoms with Crippen LogP contribution in [0.4, 0.5) is 0 Å². The molecule has 1 aromatic heterocycles. The van der Waals surface area contributed by atoms with Crippen molar-refractivity contribution in [1.29, 1.82) is 0 Å². The fourth-order valence-electron chi connectivity index (χ4n) is 3.01. The Morgan fingerprint density at radius 2 is 2.00 bits per heavy atom. The standard InChI is InChI=1S/C16H17NO2/c18-16(19)13-7-4-8-15-14(13)9-12(10-17-15)11-5-2-1-3-6-11/h4,7-11H,1-3,5-6H2,(H,18,19). The number of carboxylic acid groups (broad SMARTS) is 1. The Labute approximate surface area is 112 Å². The number of aromatic carboxylic acids is 1. The summed E-state index contributed by atoms with van der Waals surface area (Å²) in [5, 5.41) is 10.0. The van der Waals surface area contributed by atoms with Crippen molar-refractivity contribution in [2.24, 2.45) is 0 Å². The highest BCUT2D eigenvalue weighted by Crippen LogP contribution is 2.33. The van der Waals surface area contributed by atoms with Gasteiger partial charge in [-0.3, -0.25) is 4.98 Å². The van der Waals surface area contributed by atoms with E-state index < -0.39 is 5.97 Å². The van der Waals surface area contributed by atoms with Crippen molar-refractivity contribution >= 4 is 16.9 Å². The van der Waals surface area contributed by atoms with Crippen LogP contribution in [0.2, 0.25) is 0 Å². The molecular weight excluding hydrogens is 238 g/mol. The number of fused-ring (bicyclic) bond motifs is 1. The molecule has 0 amide bonds. The van der Waals surface area contributed by atoms with Crippen LogP contribution in [0.5, 0.6) is 0 Å². The Morgan fingerprint density at radius 1 is 1.21 bits per heavy atom. The van der Waals surface area contributed by atoms with E-state index in [-0.39, 0.29) is 0 Å². The average Bonchev–Trinajstić information content (AvgIpc) is 2.47. The number of pyridine rings is 1. The summed E-state index contributed by atoms with van der Waals surface area (Å²) in [7, 11) is 0. The molecule has 0 aliphatic heterocycles. The average molecular weight is 255 g/mol. The van der Waals surface area contributed by atoms with Crippen LogP contribution in [-0.2, 0) is 0 Å². The summed E-state index contributed by atoms with van der Waals surface area (Å²) in [5.41, 5.74) is 2.31. The molecule has 1 saturated carbocycles. The van der Waals surface area contributed by atoms with E-state index in [2.05, 4.69) is 4.98 Å². The van der Waals surface area contributed by atoms with Crippen LogP contribution in [0.15, 0.2) is 30.5 Å². The molecule has 1 aromatic carbocycles. The molecule has 3 heteroatoms. The smallest absolute Gasteiger partial charge is 0.336 e. The summed E-state index contributed by atoms with van der Waals surface area (Å²) in [5.74, 6) is -0.333. The van der Waals surface area contributed by atoms with Crippen LogP contribution >= 0.6 is 0 Å². The van der Waals surface area contributed by atoms with Crippen molar-refractivity contribution < 1.29 is 9.90 Å². The Kier molecular flexibility index (Phi) is 3.20. The van der Waals surface area contributed by atoms with Crippen molar-refractivity contribution in [2.45, 2.75) is 38.0 Å². The molecule has 1 aliphatic rings. The number of carbonyl (C=O) groups is 1. The topological polar surface area (TPSA) is 50.2 Å². The SMILES string of the molecule is O=C(O)c1cccc2ncc(C3CCCCC3)cc12. The minimum absolute atomic E-state index is 0.350. The highest BCUT2D eigenvalue weighted by atomic mass is 16.4. The summed E-state index contributed by atoms with van der Waals surface area (Å²) in [6, 6.07) is 7.30. The lowest BCUT2D eigenvalue weighted by Crippen LogP contribution is -2.06. The maximum Gasteiger partial charge on any atom is 0.336 e. The first-order valence-corrected chi connectivity index (χ1v) is 6.87. The maximum absolute atomic E-state index is 11.3. The van der Waals surface area contributed by atoms with Gasteiger partial charge in [-0.2, -0.15) is 0 Å². The Bertz CT molecular complexity index is 615. The molecule has 0 bridgehead atoms. The zero-order valence-corrected chi connectivity index (χ0v) is 10.8. The van der Waals surface area contributed by atoms with E-state index in [1.165, 1.54) is 37.7 Å². The van der Waals surface area contributed by atoms with Crippen molar-refractivity contribution in [3.8, 4) is 0 Å². The predicted molar refractivity (Wildman–Crippen MR) is 74.5 cm³/mol. The molecule has 0 spiro atoms. The van der Waals surface area contributed by atoms with E-state index >= 15 is 0 Å². The van der Waals surface area contributed by atoms with Gasteiger partial charge in [0, 0.05) is 11.6 Å². The summed E-state index contributed by atoms with van der Waals surface area (Å²) in [4.78, 5) is 15.7. The second kappa shape index (κ2) is 5.00. The van der Waals surface area contributed by atoms with Gasteiger partial charge in [0.15, 0.2) is 0 Å². The lowest BCUT2D eigenvalue weighted by molar-refractivity contribution is 0.0699. The van der Waals surface area contributed by atoms with Gasteiger partial charge in [-0.1, -0.05) is 25.3 Å². The van der Waals surface area contributed by atoms with E-state index in [9.17, 15) is 9.90 Å². The van der Waals surface area contributed by atoms with Crippen molar-refractivity contribution in [3.63, 3.8) is 0 Å². The van der Waals surface area contributed by atoms with Gasteiger partial charge >= 0.3 is 5.97 Å². The van der Waals surface area contributed by atoms with Gasteiger partial charge in [0.1, 0.15) is 0 Å². The van der Waals surface area contributed by atoms with Gasteiger partial charge in [-0.15, -0.1) is 0 Å². The maximum atomic E-state index is 11.3. The molecule has 1 fully saturated rings. The summed E-state index contributed by atoms with van der Waals surface area (Å²) < 4.78 is 0. The monoisotopic (exact) mass is 255 g/mol. The number of benzene rings is 1. The number of aromatic nitrogens is 1. The lowest BCUT2D eigenvalue weighted by atomic mass is 9.84. The predicted octanol–water partition coefficient (Wildman–Crippen LogP) is 3.98. The largest absolute Gasteiger partial charge is 0.478 e. The molecule has 3 nitrogen and oxygen atoms in total. The molecule has 0 radical (unpaired) electrons. The number of rotatable bonds is 2. The molecule has 0 unspecified atom stereocenters. The zero-order chi connectivity index (χ0) is 13.2. The fraction of sp³-hybridized carbons (Fsp3) is 0.375. The van der Waals surface area contributed by atoms with Crippen LogP contribution in [0.1, 0.15) is 53.9 Å². The number of nitrogens with zero attached hydrogens (tertiary/aromatic N) is 1. The van der Waals surface area contributed by atoms with Crippen LogP contribution in [0.25, 0.3) is 10.9 Å². The van der Waals surface area contributed by atoms with Gasteiger partial charge in [-0.05, 0) is 42.5 Å². The third-order valence-electron chi connectivity index (χ3n) is 4.05. The van der Waals surface area contributed by atoms with Crippen LogP contribution < -0.4 is 0 Å². The van der Waals surface area contributed by atoms with Crippen LogP contribution in [0.3, 0.4) is 0 Å². The second-order valence-electron chi connectivity index (χ2n) is 5.28. The lowest BCUT2D eigenvalue weighted by Gasteiger charge is -2.22. The fourth-order valence-corrected chi connectivity index (χ4v) is 3.01. The Hall–Kier alpha value is -1.90. The number of carboxylic acids is 1. The van der Waals surface area contributed by atoms with Gasteiger partial charge in [0.25, 0.3) is 0 Å². The minimum atomic E-state index is -0.881. The van der Waals surface area contributed by atoms with E-state index in [1.54, 1.807) is 12.1 Å². The van der Waals surface area contributed by atoms with E-state index in [0.29, 0.717) is 11.5 Å². The highest BCUT2D eigenvalue weighted by Gasteiger charge is 2.17. The third kappa shape index (κ3) is 2.33. The zero-order valence-electron chi connectivity index (χ0n) is 10.8. The first-order chi connectivity index (χ1) is 9.25. The quantitative estimate of drug-likeness (QED) is 0.883. The summed E-state index contributed by atoms with van der Waals surface area (Å²) >= 11 is 0. The molecule has 0 saturated heterocycles. The first-order valence-electron chi connectivity index (χ1n) is 6.87. The number of hydrogen-bond acceptors (Lipinski definition) is 2. The van der Waals surface area contributed by atoms with E-state index in [0.717, 1.165) is 10.9 Å². The van der Waals surface area contributed by atoms with Gasteiger partial charge in [-0.25, -0.2) is 4.79 Å².